The molecule has 2 N–H and O–H groups in total. The van der Waals surface area contributed by atoms with Gasteiger partial charge in [0.05, 0.1) is 47.1 Å². The second kappa shape index (κ2) is 8.54. The van der Waals surface area contributed by atoms with Gasteiger partial charge in [-0.25, -0.2) is 28.1 Å². The van der Waals surface area contributed by atoms with Gasteiger partial charge in [-0.05, 0) is 38.8 Å². The molecule has 0 spiro atoms. The van der Waals surface area contributed by atoms with E-state index in [2.05, 4.69) is 20.3 Å². The molecule has 0 amide bonds. The first kappa shape index (κ1) is 23.9. The molecule has 36 heavy (non-hydrogen) atoms. The Balaban J connectivity index is 1.39. The van der Waals surface area contributed by atoms with Gasteiger partial charge in [-0.2, -0.15) is 0 Å². The number of ether oxygens (including phenoxy) is 2. The first-order chi connectivity index (χ1) is 17.1. The third-order valence-electron chi connectivity index (χ3n) is 7.19. The molecule has 6 rings (SSSR count). The van der Waals surface area contributed by atoms with Crippen molar-refractivity contribution in [3.63, 3.8) is 0 Å². The van der Waals surface area contributed by atoms with Crippen molar-refractivity contribution in [2.75, 3.05) is 11.9 Å². The molecule has 3 fully saturated rings. The number of alkyl halides is 2. The summed E-state index contributed by atoms with van der Waals surface area (Å²) in [5, 5.41) is 13.8. The molecule has 3 aromatic rings. The van der Waals surface area contributed by atoms with E-state index >= 15 is 4.39 Å². The monoisotopic (exact) mass is 523 g/mol. The van der Waals surface area contributed by atoms with Crippen molar-refractivity contribution in [2.45, 2.75) is 75.5 Å². The third-order valence-corrected chi connectivity index (χ3v) is 7.47. The predicted octanol–water partition coefficient (Wildman–Crippen LogP) is 4.67. The second-order valence-corrected chi connectivity index (χ2v) is 10.3. The molecule has 0 unspecified atom stereocenters. The van der Waals surface area contributed by atoms with E-state index in [-0.39, 0.29) is 46.6 Å². The average molecular weight is 524 g/mol. The fourth-order valence-corrected chi connectivity index (χ4v) is 5.46. The number of fused-ring (bicyclic) bond motifs is 3. The van der Waals surface area contributed by atoms with E-state index in [1.165, 1.54) is 12.3 Å². The molecular weight excluding hydrogens is 499 g/mol. The van der Waals surface area contributed by atoms with E-state index in [0.717, 1.165) is 0 Å². The van der Waals surface area contributed by atoms with Gasteiger partial charge in [0.1, 0.15) is 17.4 Å². The number of anilines is 1. The number of aliphatic hydroxyl groups excluding tert-OH is 1. The first-order valence-corrected chi connectivity index (χ1v) is 12.3. The Kier molecular flexibility index (Phi) is 5.67. The average Bonchev–Trinajstić information content (AvgIpc) is 3.40. The van der Waals surface area contributed by atoms with Crippen LogP contribution in [0.2, 0.25) is 5.02 Å². The molecule has 2 saturated heterocycles. The quantitative estimate of drug-likeness (QED) is 0.502. The number of hydrogen-bond acceptors (Lipinski definition) is 7. The van der Waals surface area contributed by atoms with Gasteiger partial charge in [0.15, 0.2) is 12.1 Å². The van der Waals surface area contributed by atoms with E-state index < -0.39 is 36.1 Å². The maximum atomic E-state index is 15.3. The Morgan fingerprint density at radius 1 is 1.28 bits per heavy atom. The van der Waals surface area contributed by atoms with E-state index in [9.17, 15) is 13.9 Å². The summed E-state index contributed by atoms with van der Waals surface area (Å²) in [4.78, 5) is 13.0. The summed E-state index contributed by atoms with van der Waals surface area (Å²) in [6, 6.07) is 2.29. The molecule has 3 aliphatic rings. The summed E-state index contributed by atoms with van der Waals surface area (Å²) in [7, 11) is 0. The smallest absolute Gasteiger partial charge is 0.257 e. The Labute approximate surface area is 209 Å². The van der Waals surface area contributed by atoms with Crippen molar-refractivity contribution >= 4 is 28.6 Å². The van der Waals surface area contributed by atoms with Crippen molar-refractivity contribution in [3.05, 3.63) is 35.0 Å². The lowest BCUT2D eigenvalue weighted by atomic mass is 9.80. The van der Waals surface area contributed by atoms with Crippen LogP contribution in [0.3, 0.4) is 0 Å². The van der Waals surface area contributed by atoms with Gasteiger partial charge in [-0.15, -0.1) is 0 Å². The lowest BCUT2D eigenvalue weighted by Crippen LogP contribution is -2.48. The number of benzene rings is 1. The van der Waals surface area contributed by atoms with Crippen molar-refractivity contribution in [1.82, 2.24) is 19.5 Å². The van der Waals surface area contributed by atoms with Crippen LogP contribution in [0.5, 0.6) is 0 Å². The van der Waals surface area contributed by atoms with Crippen molar-refractivity contribution < 1.29 is 27.8 Å². The van der Waals surface area contributed by atoms with Crippen LogP contribution in [0.15, 0.2) is 18.3 Å². The maximum Gasteiger partial charge on any atom is 0.257 e. The molecule has 2 bridgehead atoms. The Morgan fingerprint density at radius 3 is 2.78 bits per heavy atom. The van der Waals surface area contributed by atoms with Crippen LogP contribution in [0.4, 0.5) is 19.1 Å². The molecule has 8 nitrogen and oxygen atoms in total. The predicted molar refractivity (Wildman–Crippen MR) is 126 cm³/mol. The van der Waals surface area contributed by atoms with Gasteiger partial charge in [-0.3, -0.25) is 0 Å². The van der Waals surface area contributed by atoms with Gasteiger partial charge in [0.25, 0.3) is 5.92 Å². The third kappa shape index (κ3) is 3.84. The summed E-state index contributed by atoms with van der Waals surface area (Å²) in [6.45, 7) is 4.10. The highest BCUT2D eigenvalue weighted by Crippen LogP contribution is 2.50. The molecule has 2 aliphatic heterocycles. The standard InChI is InChI=1S/C24H25ClF3N5O3/c1-10(2)33-17-6-11(5-15(26)19(17)31-21(33)13-3-4-24(13,27)28)18-14(25)8-29-23(32-18)30-16-7-12-9-35-22(36-12)20(16)34/h5-6,8,10,12-13,16,20,22,34H,3-4,7,9H2,1-2H3,(H,29,30,32)/t12-,13+,16+,20-,22+/m0/s1. The molecule has 4 heterocycles. The zero-order valence-electron chi connectivity index (χ0n) is 19.6. The van der Waals surface area contributed by atoms with E-state index in [1.54, 1.807) is 10.6 Å². The number of rotatable bonds is 5. The first-order valence-electron chi connectivity index (χ1n) is 12.0. The Hall–Kier alpha value is -2.47. The van der Waals surface area contributed by atoms with Gasteiger partial charge in [0, 0.05) is 18.0 Å². The summed E-state index contributed by atoms with van der Waals surface area (Å²) < 4.78 is 56.4. The van der Waals surface area contributed by atoms with Crippen molar-refractivity contribution in [1.29, 1.82) is 0 Å². The van der Waals surface area contributed by atoms with Crippen molar-refractivity contribution in [3.8, 4) is 11.3 Å². The fraction of sp³-hybridized carbons (Fsp3) is 0.542. The molecule has 0 radical (unpaired) electrons. The molecule has 192 valence electrons. The molecule has 2 aromatic heterocycles. The largest absolute Gasteiger partial charge is 0.386 e. The van der Waals surface area contributed by atoms with Crippen LogP contribution in [-0.4, -0.2) is 61.7 Å². The number of aromatic nitrogens is 4. The maximum absolute atomic E-state index is 15.3. The lowest BCUT2D eigenvalue weighted by Gasteiger charge is -2.36. The van der Waals surface area contributed by atoms with Crippen LogP contribution < -0.4 is 5.32 Å². The van der Waals surface area contributed by atoms with E-state index in [4.69, 9.17) is 21.1 Å². The Morgan fingerprint density at radius 2 is 2.08 bits per heavy atom. The Bertz CT molecular complexity index is 1340. The van der Waals surface area contributed by atoms with E-state index in [0.29, 0.717) is 30.5 Å². The molecule has 1 saturated carbocycles. The van der Waals surface area contributed by atoms with Crippen molar-refractivity contribution in [2.24, 2.45) is 0 Å². The highest BCUT2D eigenvalue weighted by Gasteiger charge is 2.51. The SMILES string of the molecule is CC(C)n1c([C@H]2CCC2(F)F)nc2c(F)cc(-c3nc(N[C@@H]4C[C@H]5CO[C@H](O5)[C@H]4O)ncc3Cl)cc21. The minimum atomic E-state index is -2.86. The molecule has 12 heteroatoms. The molecule has 1 aliphatic carbocycles. The van der Waals surface area contributed by atoms with Crippen LogP contribution in [-0.2, 0) is 9.47 Å². The van der Waals surface area contributed by atoms with Gasteiger partial charge >= 0.3 is 0 Å². The number of halogens is 4. The summed E-state index contributed by atoms with van der Waals surface area (Å²) >= 11 is 6.40. The zero-order chi connectivity index (χ0) is 25.4. The highest BCUT2D eigenvalue weighted by molar-refractivity contribution is 6.33. The summed E-state index contributed by atoms with van der Waals surface area (Å²) in [6.07, 6.45) is 0.241. The summed E-state index contributed by atoms with van der Waals surface area (Å²) in [5.74, 6) is -4.16. The number of nitrogens with one attached hydrogen (secondary N) is 1. The topological polar surface area (TPSA) is 94.3 Å². The minimum absolute atomic E-state index is 0.0366. The zero-order valence-corrected chi connectivity index (χ0v) is 20.3. The van der Waals surface area contributed by atoms with Crippen LogP contribution in [0.1, 0.15) is 50.9 Å². The van der Waals surface area contributed by atoms with Gasteiger partial charge < -0.3 is 24.5 Å². The van der Waals surface area contributed by atoms with E-state index in [1.807, 2.05) is 13.8 Å². The minimum Gasteiger partial charge on any atom is -0.386 e. The van der Waals surface area contributed by atoms with Gasteiger partial charge in [0.2, 0.25) is 5.95 Å². The van der Waals surface area contributed by atoms with Crippen LogP contribution in [0.25, 0.3) is 22.3 Å². The number of hydrogen-bond donors (Lipinski definition) is 2. The van der Waals surface area contributed by atoms with Crippen LogP contribution >= 0.6 is 11.6 Å². The molecular formula is C24H25ClF3N5O3. The number of aliphatic hydroxyl groups is 1. The van der Waals surface area contributed by atoms with Crippen LogP contribution in [0, 0.1) is 5.82 Å². The number of imidazole rings is 1. The highest BCUT2D eigenvalue weighted by atomic mass is 35.5. The van der Waals surface area contributed by atoms with Gasteiger partial charge in [-0.1, -0.05) is 11.6 Å². The fourth-order valence-electron chi connectivity index (χ4n) is 5.26. The summed E-state index contributed by atoms with van der Waals surface area (Å²) in [5.41, 5.74) is 1.06. The normalized spacial score (nSPS) is 29.1. The lowest BCUT2D eigenvalue weighted by molar-refractivity contribution is -0.156. The molecule has 5 atom stereocenters. The second-order valence-electron chi connectivity index (χ2n) is 9.94. The molecule has 1 aromatic carbocycles. The number of nitrogens with zero attached hydrogens (tertiary/aromatic N) is 4.